The molecule has 1 aromatic carbocycles. The first kappa shape index (κ1) is 11.7. The molecule has 0 aliphatic heterocycles. The van der Waals surface area contributed by atoms with Crippen LogP contribution < -0.4 is 10.6 Å². The Kier molecular flexibility index (Phi) is 3.17. The van der Waals surface area contributed by atoms with Crippen molar-refractivity contribution in [1.29, 1.82) is 0 Å². The zero-order chi connectivity index (χ0) is 12.4. The van der Waals surface area contributed by atoms with Crippen LogP contribution in [-0.4, -0.2) is 24.1 Å². The molecule has 1 aliphatic rings. The number of amidine groups is 1. The first-order chi connectivity index (χ1) is 8.13. The molecule has 4 nitrogen and oxygen atoms in total. The van der Waals surface area contributed by atoms with Gasteiger partial charge in [0.2, 0.25) is 0 Å². The number of anilines is 1. The molecule has 0 spiro atoms. The summed E-state index contributed by atoms with van der Waals surface area (Å²) in [5.74, 6) is -0.456. The molecule has 0 unspecified atom stereocenters. The third-order valence-corrected chi connectivity index (χ3v) is 3.34. The molecule has 0 bridgehead atoms. The molecule has 1 aliphatic carbocycles. The molecule has 2 rings (SSSR count). The molecule has 92 valence electrons. The van der Waals surface area contributed by atoms with E-state index >= 15 is 0 Å². The van der Waals surface area contributed by atoms with Gasteiger partial charge in [-0.25, -0.2) is 4.39 Å². The zero-order valence-electron chi connectivity index (χ0n) is 9.73. The highest BCUT2D eigenvalue weighted by atomic mass is 19.1. The number of nitrogens with zero attached hydrogens (tertiary/aromatic N) is 2. The Labute approximate surface area is 99.5 Å². The molecule has 1 aromatic rings. The standard InChI is InChI=1S/C12H16FN3O/c1-16(9-3-2-4-9)11-6-5-8(13)7-10(11)12(14)15-17/h5-7,9,17H,2-4H2,1H3,(H2,14,15). The van der Waals surface area contributed by atoms with Crippen molar-refractivity contribution in [1.82, 2.24) is 0 Å². The Bertz CT molecular complexity index is 443. The van der Waals surface area contributed by atoms with Gasteiger partial charge in [0.05, 0.1) is 0 Å². The van der Waals surface area contributed by atoms with Crippen molar-refractivity contribution in [3.05, 3.63) is 29.6 Å². The van der Waals surface area contributed by atoms with Crippen molar-refractivity contribution in [2.45, 2.75) is 25.3 Å². The number of hydrogen-bond acceptors (Lipinski definition) is 3. The minimum Gasteiger partial charge on any atom is -0.409 e. The van der Waals surface area contributed by atoms with Crippen LogP contribution in [0.2, 0.25) is 0 Å². The van der Waals surface area contributed by atoms with E-state index in [2.05, 4.69) is 10.1 Å². The number of benzene rings is 1. The van der Waals surface area contributed by atoms with Crippen LogP contribution in [0.4, 0.5) is 10.1 Å². The Morgan fingerprint density at radius 2 is 2.24 bits per heavy atom. The van der Waals surface area contributed by atoms with E-state index < -0.39 is 5.82 Å². The molecule has 0 amide bonds. The molecule has 3 N–H and O–H groups in total. The summed E-state index contributed by atoms with van der Waals surface area (Å²) in [5.41, 5.74) is 6.80. The van der Waals surface area contributed by atoms with Crippen LogP contribution in [-0.2, 0) is 0 Å². The van der Waals surface area contributed by atoms with Crippen molar-refractivity contribution in [2.24, 2.45) is 10.9 Å². The molecule has 1 fully saturated rings. The van der Waals surface area contributed by atoms with Crippen LogP contribution in [0.25, 0.3) is 0 Å². The van der Waals surface area contributed by atoms with Crippen LogP contribution in [0.15, 0.2) is 23.4 Å². The van der Waals surface area contributed by atoms with Crippen LogP contribution >= 0.6 is 0 Å². The summed E-state index contributed by atoms with van der Waals surface area (Å²) in [6.07, 6.45) is 3.47. The van der Waals surface area contributed by atoms with Crippen molar-refractivity contribution in [3.63, 3.8) is 0 Å². The minimum atomic E-state index is -0.391. The monoisotopic (exact) mass is 237 g/mol. The van der Waals surface area contributed by atoms with Gasteiger partial charge < -0.3 is 15.8 Å². The average molecular weight is 237 g/mol. The number of nitrogens with two attached hydrogens (primary N) is 1. The molecule has 0 aromatic heterocycles. The Morgan fingerprint density at radius 1 is 1.53 bits per heavy atom. The van der Waals surface area contributed by atoms with Gasteiger partial charge in [0.1, 0.15) is 5.82 Å². The quantitative estimate of drug-likeness (QED) is 0.365. The van der Waals surface area contributed by atoms with Crippen molar-refractivity contribution in [3.8, 4) is 0 Å². The number of oxime groups is 1. The second kappa shape index (κ2) is 4.61. The van der Waals surface area contributed by atoms with Gasteiger partial charge in [-0.3, -0.25) is 0 Å². The van der Waals surface area contributed by atoms with Gasteiger partial charge in [-0.1, -0.05) is 5.16 Å². The fourth-order valence-electron chi connectivity index (χ4n) is 2.05. The van der Waals surface area contributed by atoms with Crippen LogP contribution in [0.1, 0.15) is 24.8 Å². The highest BCUT2D eigenvalue weighted by Gasteiger charge is 2.24. The molecule has 0 atom stereocenters. The zero-order valence-corrected chi connectivity index (χ0v) is 9.73. The van der Waals surface area contributed by atoms with Gasteiger partial charge in [-0.2, -0.15) is 0 Å². The predicted molar refractivity (Wildman–Crippen MR) is 65.0 cm³/mol. The third-order valence-electron chi connectivity index (χ3n) is 3.34. The van der Waals surface area contributed by atoms with E-state index in [0.717, 1.165) is 18.5 Å². The largest absolute Gasteiger partial charge is 0.409 e. The number of halogens is 1. The first-order valence-corrected chi connectivity index (χ1v) is 5.63. The van der Waals surface area contributed by atoms with Crippen LogP contribution in [0, 0.1) is 5.82 Å². The van der Waals surface area contributed by atoms with E-state index in [1.165, 1.54) is 18.6 Å². The first-order valence-electron chi connectivity index (χ1n) is 5.63. The molecular weight excluding hydrogens is 221 g/mol. The van der Waals surface area contributed by atoms with Crippen molar-refractivity contribution >= 4 is 11.5 Å². The van der Waals surface area contributed by atoms with Gasteiger partial charge in [-0.05, 0) is 37.5 Å². The van der Waals surface area contributed by atoms with Crippen molar-refractivity contribution < 1.29 is 9.60 Å². The molecule has 17 heavy (non-hydrogen) atoms. The maximum absolute atomic E-state index is 13.2. The maximum atomic E-state index is 13.2. The summed E-state index contributed by atoms with van der Waals surface area (Å²) >= 11 is 0. The normalized spacial score (nSPS) is 16.7. The van der Waals surface area contributed by atoms with Crippen LogP contribution in [0.3, 0.4) is 0 Å². The van der Waals surface area contributed by atoms with Gasteiger partial charge in [0.15, 0.2) is 5.84 Å². The second-order valence-electron chi connectivity index (χ2n) is 4.34. The van der Waals surface area contributed by atoms with Gasteiger partial charge in [0.25, 0.3) is 0 Å². The Morgan fingerprint density at radius 3 is 2.76 bits per heavy atom. The smallest absolute Gasteiger partial charge is 0.172 e. The third kappa shape index (κ3) is 2.18. The summed E-state index contributed by atoms with van der Waals surface area (Å²) < 4.78 is 13.2. The fraction of sp³-hybridized carbons (Fsp3) is 0.417. The van der Waals surface area contributed by atoms with E-state index in [4.69, 9.17) is 10.9 Å². The lowest BCUT2D eigenvalue weighted by atomic mass is 9.91. The molecule has 0 saturated heterocycles. The topological polar surface area (TPSA) is 61.8 Å². The highest BCUT2D eigenvalue weighted by molar-refractivity contribution is 6.02. The predicted octanol–water partition coefficient (Wildman–Crippen LogP) is 1.91. The average Bonchev–Trinajstić information content (AvgIpc) is 2.25. The number of rotatable bonds is 3. The molecule has 1 saturated carbocycles. The van der Waals surface area contributed by atoms with E-state index in [1.807, 2.05) is 7.05 Å². The van der Waals surface area contributed by atoms with Gasteiger partial charge in [-0.15, -0.1) is 0 Å². The minimum absolute atomic E-state index is 0.0642. The molecule has 5 heteroatoms. The summed E-state index contributed by atoms with van der Waals surface area (Å²) in [5, 5.41) is 11.7. The van der Waals surface area contributed by atoms with E-state index in [1.54, 1.807) is 6.07 Å². The fourth-order valence-corrected chi connectivity index (χ4v) is 2.05. The lowest BCUT2D eigenvalue weighted by Gasteiger charge is -2.37. The summed E-state index contributed by atoms with van der Waals surface area (Å²) in [6, 6.07) is 4.81. The van der Waals surface area contributed by atoms with E-state index in [-0.39, 0.29) is 5.84 Å². The molecular formula is C12H16FN3O. The van der Waals surface area contributed by atoms with Crippen LogP contribution in [0.5, 0.6) is 0 Å². The summed E-state index contributed by atoms with van der Waals surface area (Å²) in [6.45, 7) is 0. The highest BCUT2D eigenvalue weighted by Crippen LogP contribution is 2.30. The molecule has 0 radical (unpaired) electrons. The Balaban J connectivity index is 2.37. The lowest BCUT2D eigenvalue weighted by molar-refractivity contribution is 0.318. The van der Waals surface area contributed by atoms with Gasteiger partial charge >= 0.3 is 0 Å². The number of hydrogen-bond donors (Lipinski definition) is 2. The van der Waals surface area contributed by atoms with Crippen molar-refractivity contribution in [2.75, 3.05) is 11.9 Å². The second-order valence-corrected chi connectivity index (χ2v) is 4.34. The Hall–Kier alpha value is -1.78. The van der Waals surface area contributed by atoms with E-state index in [0.29, 0.717) is 11.6 Å². The van der Waals surface area contributed by atoms with Gasteiger partial charge in [0, 0.05) is 24.3 Å². The summed E-state index contributed by atoms with van der Waals surface area (Å²) in [7, 11) is 1.95. The summed E-state index contributed by atoms with van der Waals surface area (Å²) in [4.78, 5) is 2.07. The lowest BCUT2D eigenvalue weighted by Crippen LogP contribution is -2.38. The maximum Gasteiger partial charge on any atom is 0.172 e. The van der Waals surface area contributed by atoms with E-state index in [9.17, 15) is 4.39 Å². The SMILES string of the molecule is CN(c1ccc(F)cc1/C(N)=N/O)C1CCC1. The molecule has 0 heterocycles.